The highest BCUT2D eigenvalue weighted by molar-refractivity contribution is 7.37. The van der Waals surface area contributed by atoms with Crippen molar-refractivity contribution in [3.8, 4) is 0 Å². The summed E-state index contributed by atoms with van der Waals surface area (Å²) in [7, 11) is -2.33. The minimum Gasteiger partial charge on any atom is -0.416 e. The van der Waals surface area contributed by atoms with E-state index in [4.69, 9.17) is 4.89 Å². The van der Waals surface area contributed by atoms with Gasteiger partial charge in [0, 0.05) is 6.42 Å². The van der Waals surface area contributed by atoms with Gasteiger partial charge < -0.3 is 4.74 Å². The smallest absolute Gasteiger partial charge is 0.416 e. The predicted octanol–water partition coefficient (Wildman–Crippen LogP) is 0.632. The summed E-state index contributed by atoms with van der Waals surface area (Å²) >= 11 is 0. The fourth-order valence-corrected chi connectivity index (χ4v) is 0.484. The molecule has 0 spiro atoms. The number of hydrogen-bond donors (Lipinski definition) is 1. The van der Waals surface area contributed by atoms with Gasteiger partial charge in [-0.3, -0.25) is 4.79 Å². The third-order valence-electron chi connectivity index (χ3n) is 0.625. The predicted molar refractivity (Wildman–Crippen MR) is 31.1 cm³/mol. The molecule has 0 saturated carbocycles. The molecule has 0 rings (SSSR count). The Kier molecular flexibility index (Phi) is 4.18. The van der Waals surface area contributed by atoms with E-state index in [-0.39, 0.29) is 12.8 Å². The van der Waals surface area contributed by atoms with Crippen LogP contribution in [-0.2, 0) is 14.1 Å². The van der Waals surface area contributed by atoms with Gasteiger partial charge in [0.2, 0.25) is 0 Å². The Hall–Kier alpha value is -0.470. The first-order valence-corrected chi connectivity index (χ1v) is 3.85. The number of rotatable bonds is 3. The molecule has 0 heterocycles. The maximum absolute atomic E-state index is 10.3. The van der Waals surface area contributed by atoms with Gasteiger partial charge in [0.05, 0.1) is 0 Å². The largest absolute Gasteiger partial charge is 0.547 e. The average Bonchev–Trinajstić information content (AvgIpc) is 1.83. The lowest BCUT2D eigenvalue weighted by Gasteiger charge is -1.89. The first-order chi connectivity index (χ1) is 4.16. The third kappa shape index (κ3) is 5.40. The molecule has 0 radical (unpaired) electrons. The van der Waals surface area contributed by atoms with Crippen LogP contribution in [0.25, 0.3) is 0 Å². The van der Waals surface area contributed by atoms with Crippen molar-refractivity contribution in [3.63, 3.8) is 0 Å². The Bertz CT molecular complexity index is 122. The maximum Gasteiger partial charge on any atom is 0.547 e. The number of ether oxygens (including phenoxy) is 1. The van der Waals surface area contributed by atoms with Crippen molar-refractivity contribution in [2.45, 2.75) is 13.3 Å². The van der Waals surface area contributed by atoms with Gasteiger partial charge in [-0.15, -0.1) is 0 Å². The molecule has 9 heavy (non-hydrogen) atoms. The molecule has 4 nitrogen and oxygen atoms in total. The second-order valence-corrected chi connectivity index (χ2v) is 2.31. The van der Waals surface area contributed by atoms with Crippen LogP contribution in [0.5, 0.6) is 0 Å². The van der Waals surface area contributed by atoms with Crippen molar-refractivity contribution in [1.82, 2.24) is 0 Å². The molecule has 0 amide bonds. The van der Waals surface area contributed by atoms with Crippen molar-refractivity contribution in [2.24, 2.45) is 0 Å². The summed E-state index contributed by atoms with van der Waals surface area (Å²) in [6.07, 6.45) is -0.148. The second-order valence-electron chi connectivity index (χ2n) is 1.35. The van der Waals surface area contributed by atoms with Gasteiger partial charge in [0.25, 0.3) is 0 Å². The van der Waals surface area contributed by atoms with E-state index in [0.717, 1.165) is 0 Å². The molecule has 0 aliphatic rings. The van der Waals surface area contributed by atoms with Gasteiger partial charge in [0.15, 0.2) is 0 Å². The van der Waals surface area contributed by atoms with E-state index >= 15 is 0 Å². The standard InChI is InChI=1S/C4H7O4P/c1-2-4(5)8-3-9(6)7/h2-3H2,1H3/p+1. The monoisotopic (exact) mass is 151 g/mol. The summed E-state index contributed by atoms with van der Waals surface area (Å²) in [4.78, 5) is 18.4. The van der Waals surface area contributed by atoms with Crippen molar-refractivity contribution in [3.05, 3.63) is 0 Å². The van der Waals surface area contributed by atoms with Crippen LogP contribution in [0.2, 0.25) is 0 Å². The first-order valence-electron chi connectivity index (χ1n) is 2.46. The molecule has 0 aromatic rings. The van der Waals surface area contributed by atoms with Gasteiger partial charge in [-0.2, -0.15) is 4.89 Å². The summed E-state index contributed by atoms with van der Waals surface area (Å²) in [5.41, 5.74) is 0. The summed E-state index contributed by atoms with van der Waals surface area (Å²) < 4.78 is 14.2. The van der Waals surface area contributed by atoms with E-state index in [0.29, 0.717) is 0 Å². The molecular weight excluding hydrogens is 143 g/mol. The van der Waals surface area contributed by atoms with Crippen LogP contribution in [0.3, 0.4) is 0 Å². The molecule has 0 saturated heterocycles. The summed E-state index contributed by atoms with van der Waals surface area (Å²) in [6, 6.07) is 0. The lowest BCUT2D eigenvalue weighted by Crippen LogP contribution is -2.00. The molecule has 1 unspecified atom stereocenters. The Labute approximate surface area is 53.7 Å². The van der Waals surface area contributed by atoms with Crippen LogP contribution < -0.4 is 0 Å². The van der Waals surface area contributed by atoms with Crippen LogP contribution in [0.15, 0.2) is 0 Å². The molecule has 0 aromatic carbocycles. The third-order valence-corrected chi connectivity index (χ3v) is 0.975. The highest BCUT2D eigenvalue weighted by atomic mass is 31.1. The molecule has 1 N–H and O–H groups in total. The molecule has 0 aliphatic heterocycles. The lowest BCUT2D eigenvalue weighted by atomic mass is 10.5. The van der Waals surface area contributed by atoms with Crippen molar-refractivity contribution in [2.75, 3.05) is 6.35 Å². The topological polar surface area (TPSA) is 63.6 Å². The molecule has 0 aromatic heterocycles. The van der Waals surface area contributed by atoms with Crippen LogP contribution in [0.1, 0.15) is 13.3 Å². The zero-order valence-corrected chi connectivity index (χ0v) is 5.93. The van der Waals surface area contributed by atoms with Gasteiger partial charge in [-0.1, -0.05) is 6.92 Å². The Morgan fingerprint density at radius 2 is 2.33 bits per heavy atom. The molecule has 5 heteroatoms. The summed E-state index contributed by atoms with van der Waals surface area (Å²) in [5.74, 6) is -0.451. The summed E-state index contributed by atoms with van der Waals surface area (Å²) in [6.45, 7) is 1.62. The SMILES string of the molecule is CCC(=O)OC[P+](=O)O. The lowest BCUT2D eigenvalue weighted by molar-refractivity contribution is -0.141. The van der Waals surface area contributed by atoms with Crippen molar-refractivity contribution in [1.29, 1.82) is 0 Å². The van der Waals surface area contributed by atoms with Gasteiger partial charge in [-0.25, -0.2) is 0 Å². The van der Waals surface area contributed by atoms with E-state index in [2.05, 4.69) is 4.74 Å². The van der Waals surface area contributed by atoms with E-state index in [9.17, 15) is 9.36 Å². The van der Waals surface area contributed by atoms with Gasteiger partial charge in [-0.05, 0) is 4.57 Å². The average molecular weight is 151 g/mol. The molecule has 1 atom stereocenters. The van der Waals surface area contributed by atoms with Crippen LogP contribution in [-0.4, -0.2) is 17.2 Å². The molecule has 0 bridgehead atoms. The fourth-order valence-electron chi connectivity index (χ4n) is 0.229. The molecule has 0 fully saturated rings. The van der Waals surface area contributed by atoms with E-state index in [1.54, 1.807) is 6.92 Å². The maximum atomic E-state index is 10.3. The molecular formula is C4H8O4P+. The van der Waals surface area contributed by atoms with Crippen molar-refractivity contribution < 1.29 is 19.0 Å². The van der Waals surface area contributed by atoms with E-state index in [1.165, 1.54) is 0 Å². The van der Waals surface area contributed by atoms with Gasteiger partial charge in [0.1, 0.15) is 0 Å². The molecule has 0 aliphatic carbocycles. The highest BCUT2D eigenvalue weighted by Gasteiger charge is 2.11. The number of carbonyl (C=O) groups excluding carboxylic acids is 1. The van der Waals surface area contributed by atoms with Gasteiger partial charge >= 0.3 is 20.3 Å². The number of esters is 1. The van der Waals surface area contributed by atoms with E-state index in [1.807, 2.05) is 0 Å². The second kappa shape index (κ2) is 4.41. The zero-order valence-electron chi connectivity index (χ0n) is 5.03. The zero-order chi connectivity index (χ0) is 7.28. The fraction of sp³-hybridized carbons (Fsp3) is 0.750. The summed E-state index contributed by atoms with van der Waals surface area (Å²) in [5, 5.41) is 0. The van der Waals surface area contributed by atoms with E-state index < -0.39 is 14.0 Å². The molecule has 52 valence electrons. The Morgan fingerprint density at radius 1 is 1.78 bits per heavy atom. The van der Waals surface area contributed by atoms with Crippen LogP contribution in [0.4, 0.5) is 0 Å². The normalized spacial score (nSPS) is 10.7. The van der Waals surface area contributed by atoms with Crippen LogP contribution in [0, 0.1) is 0 Å². The minimum absolute atomic E-state index is 0.239. The number of carbonyl (C=O) groups is 1. The van der Waals surface area contributed by atoms with Crippen molar-refractivity contribution >= 4 is 14.0 Å². The Morgan fingerprint density at radius 3 is 2.67 bits per heavy atom. The quantitative estimate of drug-likeness (QED) is 0.474. The minimum atomic E-state index is -2.33. The first kappa shape index (κ1) is 8.53. The van der Waals surface area contributed by atoms with Crippen LogP contribution >= 0.6 is 8.03 Å². The highest BCUT2D eigenvalue weighted by Crippen LogP contribution is 2.11. The number of hydrogen-bond acceptors (Lipinski definition) is 3. The Balaban J connectivity index is 3.28.